The number of methoxy groups -OCH3 is 1. The highest BCUT2D eigenvalue weighted by Crippen LogP contribution is 2.41. The average molecular weight is 513 g/mol. The van der Waals surface area contributed by atoms with Crippen molar-refractivity contribution in [3.63, 3.8) is 0 Å². The summed E-state index contributed by atoms with van der Waals surface area (Å²) in [5.41, 5.74) is 9.35. The van der Waals surface area contributed by atoms with E-state index in [1.165, 1.54) is 12.8 Å². The molecule has 1 saturated heterocycles. The van der Waals surface area contributed by atoms with Gasteiger partial charge in [-0.2, -0.15) is 0 Å². The molecular weight excluding hydrogens is 476 g/mol. The number of para-hydroxylation sites is 1. The molecule has 2 aromatic heterocycles. The van der Waals surface area contributed by atoms with Crippen LogP contribution < -0.4 is 20.5 Å². The molecule has 3 N–H and O–H groups in total. The Bertz CT molecular complexity index is 1400. The topological polar surface area (TPSA) is 90.5 Å². The molecule has 0 radical (unpaired) electrons. The molecule has 0 amide bonds. The van der Waals surface area contributed by atoms with Gasteiger partial charge in [0.15, 0.2) is 11.5 Å². The van der Waals surface area contributed by atoms with Crippen LogP contribution in [0.3, 0.4) is 0 Å². The van der Waals surface area contributed by atoms with Crippen molar-refractivity contribution in [3.8, 4) is 28.4 Å². The molecule has 1 unspecified atom stereocenters. The predicted molar refractivity (Wildman–Crippen MR) is 151 cm³/mol. The number of nitrogens with two attached hydrogens (primary N) is 1. The van der Waals surface area contributed by atoms with E-state index in [1.807, 2.05) is 42.5 Å². The van der Waals surface area contributed by atoms with Crippen LogP contribution in [-0.4, -0.2) is 58.3 Å². The van der Waals surface area contributed by atoms with Crippen LogP contribution >= 0.6 is 0 Å². The van der Waals surface area contributed by atoms with E-state index >= 15 is 0 Å². The van der Waals surface area contributed by atoms with Gasteiger partial charge in [0.05, 0.1) is 12.5 Å². The Kier molecular flexibility index (Phi) is 6.91. The summed E-state index contributed by atoms with van der Waals surface area (Å²) in [5, 5.41) is 4.46. The van der Waals surface area contributed by atoms with Gasteiger partial charge in [0.2, 0.25) is 0 Å². The number of anilines is 1. The Morgan fingerprint density at radius 3 is 2.53 bits per heavy atom. The largest absolute Gasteiger partial charge is 0.493 e. The van der Waals surface area contributed by atoms with Crippen LogP contribution in [0.2, 0.25) is 0 Å². The minimum atomic E-state index is 0.389. The van der Waals surface area contributed by atoms with Gasteiger partial charge in [-0.05, 0) is 62.4 Å². The smallest absolute Gasteiger partial charge is 0.169 e. The quantitative estimate of drug-likeness (QED) is 0.364. The summed E-state index contributed by atoms with van der Waals surface area (Å²) < 4.78 is 14.1. The normalized spacial score (nSPS) is 22.4. The molecular formula is C30H36N6O2. The van der Waals surface area contributed by atoms with Gasteiger partial charge in [-0.3, -0.25) is 4.90 Å². The predicted octanol–water partition coefficient (Wildman–Crippen LogP) is 5.26. The Labute approximate surface area is 223 Å². The number of hydrogen-bond donors (Lipinski definition) is 2. The Hall–Kier alpha value is -3.62. The van der Waals surface area contributed by atoms with Crippen molar-refractivity contribution in [2.45, 2.75) is 50.7 Å². The van der Waals surface area contributed by atoms with Crippen molar-refractivity contribution in [1.29, 1.82) is 0 Å². The summed E-state index contributed by atoms with van der Waals surface area (Å²) in [6.07, 6.45) is 8.44. The molecule has 2 aliphatic rings. The molecule has 38 heavy (non-hydrogen) atoms. The zero-order valence-corrected chi connectivity index (χ0v) is 22.1. The van der Waals surface area contributed by atoms with E-state index in [4.69, 9.17) is 20.2 Å². The second kappa shape index (κ2) is 10.6. The number of rotatable bonds is 6. The van der Waals surface area contributed by atoms with Gasteiger partial charge in [0.25, 0.3) is 0 Å². The summed E-state index contributed by atoms with van der Waals surface area (Å²) in [6.45, 7) is 5.65. The van der Waals surface area contributed by atoms with Gasteiger partial charge in [0.1, 0.15) is 23.5 Å². The average Bonchev–Trinajstić information content (AvgIpc) is 3.35. The second-order valence-corrected chi connectivity index (χ2v) is 10.5. The molecule has 4 aromatic rings. The maximum atomic E-state index is 6.44. The second-order valence-electron chi connectivity index (χ2n) is 10.5. The van der Waals surface area contributed by atoms with Gasteiger partial charge in [-0.25, -0.2) is 9.97 Å². The van der Waals surface area contributed by atoms with E-state index < -0.39 is 0 Å². The number of piperazine rings is 1. The first-order valence-electron chi connectivity index (χ1n) is 13.6. The zero-order valence-electron chi connectivity index (χ0n) is 22.1. The number of fused-ring (bicyclic) bond motifs is 1. The first kappa shape index (κ1) is 24.7. The highest BCUT2D eigenvalue weighted by molar-refractivity contribution is 6.01. The van der Waals surface area contributed by atoms with Crippen molar-refractivity contribution in [2.75, 3.05) is 32.5 Å². The number of nitrogen functional groups attached to an aromatic ring is 1. The van der Waals surface area contributed by atoms with Crippen LogP contribution in [0, 0.1) is 0 Å². The molecule has 3 heterocycles. The fourth-order valence-corrected chi connectivity index (χ4v) is 6.14. The molecule has 1 saturated carbocycles. The van der Waals surface area contributed by atoms with Crippen molar-refractivity contribution in [1.82, 2.24) is 24.8 Å². The molecule has 8 heteroatoms. The Balaban J connectivity index is 1.29. The third kappa shape index (κ3) is 4.81. The standard InChI is InChI=1S/C30H36N6O2/c1-20-17-35(15-14-32-20)22-9-11-23(12-10-22)36-18-25(28-29(31)33-19-34-30(28)36)21-8-13-26(27(16-21)37-2)38-24-6-4-3-5-7-24/h3-8,13,16,18-20,22-23,32H,9-12,14-15,17H2,1-2H3,(H2,31,33,34). The number of benzene rings is 2. The summed E-state index contributed by atoms with van der Waals surface area (Å²) >= 11 is 0. The third-order valence-electron chi connectivity index (χ3n) is 8.06. The Morgan fingerprint density at radius 2 is 1.76 bits per heavy atom. The van der Waals surface area contributed by atoms with Crippen molar-refractivity contribution < 1.29 is 9.47 Å². The lowest BCUT2D eigenvalue weighted by molar-refractivity contribution is 0.107. The number of nitrogens with zero attached hydrogens (tertiary/aromatic N) is 4. The molecule has 2 fully saturated rings. The summed E-state index contributed by atoms with van der Waals surface area (Å²) in [6, 6.07) is 17.3. The number of hydrogen-bond acceptors (Lipinski definition) is 7. The van der Waals surface area contributed by atoms with Crippen LogP contribution in [0.15, 0.2) is 61.1 Å². The highest BCUT2D eigenvalue weighted by Gasteiger charge is 2.30. The summed E-state index contributed by atoms with van der Waals surface area (Å²) in [7, 11) is 1.66. The van der Waals surface area contributed by atoms with Crippen molar-refractivity contribution in [2.24, 2.45) is 0 Å². The minimum absolute atomic E-state index is 0.389. The SMILES string of the molecule is COc1cc(-c2cn(C3CCC(N4CCNC(C)C4)CC3)c3ncnc(N)c23)ccc1Oc1ccccc1. The monoisotopic (exact) mass is 512 g/mol. The van der Waals surface area contributed by atoms with Gasteiger partial charge in [-0.15, -0.1) is 0 Å². The van der Waals surface area contributed by atoms with Crippen LogP contribution in [0.5, 0.6) is 17.2 Å². The van der Waals surface area contributed by atoms with Crippen LogP contribution in [0.1, 0.15) is 38.6 Å². The van der Waals surface area contributed by atoms with E-state index in [0.29, 0.717) is 35.4 Å². The molecule has 1 atom stereocenters. The van der Waals surface area contributed by atoms with E-state index in [9.17, 15) is 0 Å². The number of ether oxygens (including phenoxy) is 2. The maximum absolute atomic E-state index is 6.44. The van der Waals surface area contributed by atoms with Gasteiger partial charge >= 0.3 is 0 Å². The third-order valence-corrected chi connectivity index (χ3v) is 8.06. The van der Waals surface area contributed by atoms with E-state index in [0.717, 1.165) is 60.4 Å². The maximum Gasteiger partial charge on any atom is 0.169 e. The molecule has 0 bridgehead atoms. The first-order valence-corrected chi connectivity index (χ1v) is 13.6. The van der Waals surface area contributed by atoms with Gasteiger partial charge < -0.3 is 25.1 Å². The van der Waals surface area contributed by atoms with E-state index in [-0.39, 0.29) is 0 Å². The molecule has 198 valence electrons. The zero-order chi connectivity index (χ0) is 26.1. The van der Waals surface area contributed by atoms with Gasteiger partial charge in [0, 0.05) is 49.5 Å². The van der Waals surface area contributed by atoms with Crippen LogP contribution in [-0.2, 0) is 0 Å². The minimum Gasteiger partial charge on any atom is -0.493 e. The fraction of sp³-hybridized carbons (Fsp3) is 0.400. The number of nitrogens with one attached hydrogen (secondary N) is 1. The van der Waals surface area contributed by atoms with E-state index in [2.05, 4.69) is 39.0 Å². The molecule has 6 rings (SSSR count). The molecule has 2 aromatic carbocycles. The lowest BCUT2D eigenvalue weighted by Gasteiger charge is -2.41. The van der Waals surface area contributed by atoms with Crippen molar-refractivity contribution in [3.05, 3.63) is 61.1 Å². The number of aromatic nitrogens is 3. The molecule has 1 aliphatic carbocycles. The lowest BCUT2D eigenvalue weighted by Crippen LogP contribution is -2.53. The van der Waals surface area contributed by atoms with E-state index in [1.54, 1.807) is 13.4 Å². The molecule has 8 nitrogen and oxygen atoms in total. The fourth-order valence-electron chi connectivity index (χ4n) is 6.14. The first-order chi connectivity index (χ1) is 18.6. The highest BCUT2D eigenvalue weighted by atomic mass is 16.5. The Morgan fingerprint density at radius 1 is 0.974 bits per heavy atom. The summed E-state index contributed by atoms with van der Waals surface area (Å²) in [5.74, 6) is 2.58. The summed E-state index contributed by atoms with van der Waals surface area (Å²) in [4.78, 5) is 11.7. The van der Waals surface area contributed by atoms with Gasteiger partial charge in [-0.1, -0.05) is 24.3 Å². The molecule has 0 spiro atoms. The van der Waals surface area contributed by atoms with Crippen LogP contribution in [0.25, 0.3) is 22.2 Å². The van der Waals surface area contributed by atoms with Crippen LogP contribution in [0.4, 0.5) is 5.82 Å². The molecule has 1 aliphatic heterocycles. The lowest BCUT2D eigenvalue weighted by atomic mass is 9.89. The van der Waals surface area contributed by atoms with Crippen molar-refractivity contribution >= 4 is 16.9 Å².